The molecule has 21 heavy (non-hydrogen) atoms. The highest BCUT2D eigenvalue weighted by Gasteiger charge is 2.31. The number of ether oxygens (including phenoxy) is 2. The summed E-state index contributed by atoms with van der Waals surface area (Å²) >= 11 is 4.86. The smallest absolute Gasteiger partial charge is 0.416 e. The fraction of sp³-hybridized carbons (Fsp3) is 0.214. The average molecular weight is 315 g/mol. The first-order valence-electron chi connectivity index (χ1n) is 5.88. The number of benzene rings is 1. The predicted octanol–water partition coefficient (Wildman–Crippen LogP) is 4.45. The molecule has 0 fully saturated rings. The maximum atomic E-state index is 12.8. The third-order valence-corrected chi connectivity index (χ3v) is 3.05. The quantitative estimate of drug-likeness (QED) is 0.850. The molecule has 112 valence electrons. The van der Waals surface area contributed by atoms with Gasteiger partial charge < -0.3 is 14.5 Å². The molecule has 0 radical (unpaired) electrons. The van der Waals surface area contributed by atoms with Crippen LogP contribution in [0.4, 0.5) is 13.2 Å². The largest absolute Gasteiger partial charge is 0.497 e. The van der Waals surface area contributed by atoms with Crippen LogP contribution in [0.25, 0.3) is 11.3 Å². The molecule has 0 bridgehead atoms. The minimum Gasteiger partial charge on any atom is -0.497 e. The lowest BCUT2D eigenvalue weighted by Gasteiger charge is -2.11. The summed E-state index contributed by atoms with van der Waals surface area (Å²) < 4.78 is 48.7. The minimum atomic E-state index is -4.46. The summed E-state index contributed by atoms with van der Waals surface area (Å²) in [5, 5.41) is 0. The van der Waals surface area contributed by atoms with E-state index < -0.39 is 11.7 Å². The Balaban J connectivity index is 2.61. The van der Waals surface area contributed by atoms with Gasteiger partial charge in [-0.3, -0.25) is 0 Å². The van der Waals surface area contributed by atoms with Gasteiger partial charge in [0.05, 0.1) is 19.8 Å². The zero-order valence-corrected chi connectivity index (χ0v) is 12.1. The van der Waals surface area contributed by atoms with Crippen molar-refractivity contribution in [1.82, 2.24) is 4.98 Å². The first-order chi connectivity index (χ1) is 9.83. The van der Waals surface area contributed by atoms with E-state index in [2.05, 4.69) is 4.98 Å². The lowest BCUT2D eigenvalue weighted by Crippen LogP contribution is -2.05. The summed E-state index contributed by atoms with van der Waals surface area (Å²) in [5.41, 5.74) is -0.0709. The number of alkyl halides is 3. The van der Waals surface area contributed by atoms with Crippen LogP contribution in [0.2, 0.25) is 0 Å². The molecule has 0 spiro atoms. The Hall–Kier alpha value is -2.02. The molecule has 0 saturated heterocycles. The van der Waals surface area contributed by atoms with E-state index in [4.69, 9.17) is 21.7 Å². The first kappa shape index (κ1) is 15.4. The Morgan fingerprint density at radius 3 is 2.00 bits per heavy atom. The van der Waals surface area contributed by atoms with Crippen molar-refractivity contribution in [3.8, 4) is 22.8 Å². The van der Waals surface area contributed by atoms with Gasteiger partial charge in [-0.25, -0.2) is 0 Å². The van der Waals surface area contributed by atoms with Crippen molar-refractivity contribution in [2.45, 2.75) is 6.18 Å². The van der Waals surface area contributed by atoms with E-state index in [9.17, 15) is 13.2 Å². The standard InChI is InChI=1S/C14H12F3NO2S/c1-19-10-3-8(4-11(7-10)20-2)12-5-9(14(15,16)17)6-13(21)18-12/h3-7H,1-2H3,(H,18,21). The molecule has 1 aromatic heterocycles. The number of aromatic amines is 1. The van der Waals surface area contributed by atoms with Crippen LogP contribution in [0, 0.1) is 4.64 Å². The third kappa shape index (κ3) is 3.55. The SMILES string of the molecule is COc1cc(OC)cc(-c2cc(C(F)(F)F)cc(=S)[nH]2)c1. The van der Waals surface area contributed by atoms with Gasteiger partial charge in [0.25, 0.3) is 0 Å². The second-order valence-electron chi connectivity index (χ2n) is 4.25. The molecule has 0 aliphatic rings. The zero-order valence-electron chi connectivity index (χ0n) is 11.2. The van der Waals surface area contributed by atoms with Crippen LogP contribution in [0.5, 0.6) is 11.5 Å². The van der Waals surface area contributed by atoms with Gasteiger partial charge in [-0.1, -0.05) is 12.2 Å². The van der Waals surface area contributed by atoms with E-state index in [1.54, 1.807) is 18.2 Å². The van der Waals surface area contributed by atoms with Gasteiger partial charge in [-0.05, 0) is 24.3 Å². The number of nitrogens with one attached hydrogen (secondary N) is 1. The Kier molecular flexibility index (Phi) is 4.22. The lowest BCUT2D eigenvalue weighted by molar-refractivity contribution is -0.137. The second kappa shape index (κ2) is 5.77. The number of hydrogen-bond acceptors (Lipinski definition) is 3. The van der Waals surface area contributed by atoms with Crippen LogP contribution >= 0.6 is 12.2 Å². The highest BCUT2D eigenvalue weighted by molar-refractivity contribution is 7.71. The van der Waals surface area contributed by atoms with Crippen LogP contribution in [-0.2, 0) is 6.18 Å². The third-order valence-electron chi connectivity index (χ3n) is 2.83. The monoisotopic (exact) mass is 315 g/mol. The second-order valence-corrected chi connectivity index (χ2v) is 4.69. The number of methoxy groups -OCH3 is 2. The van der Waals surface area contributed by atoms with Gasteiger partial charge in [-0.15, -0.1) is 0 Å². The van der Waals surface area contributed by atoms with Gasteiger partial charge in [0.1, 0.15) is 16.1 Å². The summed E-state index contributed by atoms with van der Waals surface area (Å²) in [7, 11) is 2.93. The van der Waals surface area contributed by atoms with Crippen LogP contribution < -0.4 is 9.47 Å². The van der Waals surface area contributed by atoms with Crippen LogP contribution in [0.3, 0.4) is 0 Å². The Bertz CT molecular complexity index is 688. The molecule has 1 N–H and O–H groups in total. The number of pyridine rings is 1. The van der Waals surface area contributed by atoms with Gasteiger partial charge in [0.2, 0.25) is 0 Å². The fourth-order valence-electron chi connectivity index (χ4n) is 1.83. The normalized spacial score (nSPS) is 11.3. The molecule has 0 saturated carbocycles. The maximum absolute atomic E-state index is 12.8. The van der Waals surface area contributed by atoms with Crippen molar-refractivity contribution in [3.63, 3.8) is 0 Å². The van der Waals surface area contributed by atoms with Gasteiger partial charge >= 0.3 is 6.18 Å². The van der Waals surface area contributed by atoms with E-state index in [-0.39, 0.29) is 10.3 Å². The highest BCUT2D eigenvalue weighted by atomic mass is 32.1. The van der Waals surface area contributed by atoms with Crippen molar-refractivity contribution in [1.29, 1.82) is 0 Å². The lowest BCUT2D eigenvalue weighted by atomic mass is 10.1. The molecule has 0 atom stereocenters. The molecule has 1 heterocycles. The number of H-pyrrole nitrogens is 1. The van der Waals surface area contributed by atoms with E-state index in [0.29, 0.717) is 17.1 Å². The van der Waals surface area contributed by atoms with Crippen LogP contribution in [-0.4, -0.2) is 19.2 Å². The molecule has 0 unspecified atom stereocenters. The number of hydrogen-bond donors (Lipinski definition) is 1. The molecule has 0 aliphatic carbocycles. The number of aromatic nitrogens is 1. The highest BCUT2D eigenvalue weighted by Crippen LogP contribution is 2.33. The van der Waals surface area contributed by atoms with Crippen molar-refractivity contribution >= 4 is 12.2 Å². The van der Waals surface area contributed by atoms with E-state index in [1.165, 1.54) is 14.2 Å². The molecular formula is C14H12F3NO2S. The zero-order chi connectivity index (χ0) is 15.6. The van der Waals surface area contributed by atoms with Gasteiger partial charge in [-0.2, -0.15) is 13.2 Å². The van der Waals surface area contributed by atoms with Crippen LogP contribution in [0.15, 0.2) is 30.3 Å². The van der Waals surface area contributed by atoms with Crippen molar-refractivity contribution < 1.29 is 22.6 Å². The number of halogens is 3. The number of rotatable bonds is 3. The van der Waals surface area contributed by atoms with Crippen molar-refractivity contribution in [2.24, 2.45) is 0 Å². The minimum absolute atomic E-state index is 0.00149. The molecule has 2 aromatic rings. The van der Waals surface area contributed by atoms with Crippen molar-refractivity contribution in [2.75, 3.05) is 14.2 Å². The molecular weight excluding hydrogens is 303 g/mol. The Morgan fingerprint density at radius 2 is 1.52 bits per heavy atom. The van der Waals surface area contributed by atoms with Gasteiger partial charge in [0, 0.05) is 17.3 Å². The van der Waals surface area contributed by atoms with E-state index in [1.807, 2.05) is 0 Å². The first-order valence-corrected chi connectivity index (χ1v) is 6.29. The topological polar surface area (TPSA) is 34.2 Å². The summed E-state index contributed by atoms with van der Waals surface area (Å²) in [6.45, 7) is 0. The fourth-order valence-corrected chi connectivity index (χ4v) is 2.06. The molecule has 0 amide bonds. The predicted molar refractivity (Wildman–Crippen MR) is 75.2 cm³/mol. The molecule has 3 nitrogen and oxygen atoms in total. The summed E-state index contributed by atoms with van der Waals surface area (Å²) in [6.07, 6.45) is -4.46. The molecule has 1 aromatic carbocycles. The average Bonchev–Trinajstić information content (AvgIpc) is 2.45. The molecule has 0 aliphatic heterocycles. The maximum Gasteiger partial charge on any atom is 0.416 e. The Labute approximate surface area is 124 Å². The van der Waals surface area contributed by atoms with Gasteiger partial charge in [0.15, 0.2) is 0 Å². The van der Waals surface area contributed by atoms with E-state index >= 15 is 0 Å². The molecule has 7 heteroatoms. The summed E-state index contributed by atoms with van der Waals surface area (Å²) in [5.74, 6) is 0.946. The van der Waals surface area contributed by atoms with Crippen LogP contribution in [0.1, 0.15) is 5.56 Å². The Morgan fingerprint density at radius 1 is 0.952 bits per heavy atom. The van der Waals surface area contributed by atoms with E-state index in [0.717, 1.165) is 12.1 Å². The van der Waals surface area contributed by atoms with Crippen molar-refractivity contribution in [3.05, 3.63) is 40.5 Å². The summed E-state index contributed by atoms with van der Waals surface area (Å²) in [6, 6.07) is 6.72. The molecule has 2 rings (SSSR count). The summed E-state index contributed by atoms with van der Waals surface area (Å²) in [4.78, 5) is 2.74.